The van der Waals surface area contributed by atoms with E-state index in [0.29, 0.717) is 25.2 Å². The van der Waals surface area contributed by atoms with Crippen LogP contribution in [0.2, 0.25) is 0 Å². The molecule has 130 valence electrons. The van der Waals surface area contributed by atoms with Gasteiger partial charge in [0.1, 0.15) is 5.78 Å². The number of carbonyl (C=O) groups excluding carboxylic acids is 2. The molecule has 0 aliphatic heterocycles. The minimum absolute atomic E-state index is 0.129. The normalized spacial score (nSPS) is 36.4. The van der Waals surface area contributed by atoms with Gasteiger partial charge in [0.05, 0.1) is 18.4 Å². The number of ether oxygens (including phenoxy) is 1. The number of alkyl halides is 4. The number of carbonyl (C=O) groups is 2. The summed E-state index contributed by atoms with van der Waals surface area (Å²) < 4.78 is 56.9. The summed E-state index contributed by atoms with van der Waals surface area (Å²) in [6.45, 7) is -0.579. The van der Waals surface area contributed by atoms with E-state index in [4.69, 9.17) is 4.74 Å². The summed E-state index contributed by atoms with van der Waals surface area (Å²) in [6.07, 6.45) is 1.84. The van der Waals surface area contributed by atoms with Crippen LogP contribution in [0, 0.1) is 23.2 Å². The second kappa shape index (κ2) is 5.18. The lowest BCUT2D eigenvalue weighted by Gasteiger charge is -2.53. The van der Waals surface area contributed by atoms with Crippen LogP contribution in [-0.4, -0.2) is 30.2 Å². The molecule has 2 atom stereocenters. The SMILES string of the molecule is CC(F)(F)C(F)(F)CCOC(=O)C12CC3CC(C1)C(=O)C(C3)C2. The van der Waals surface area contributed by atoms with E-state index in [0.717, 1.165) is 12.8 Å². The number of ketones is 1. The van der Waals surface area contributed by atoms with E-state index in [9.17, 15) is 27.2 Å². The average molecular weight is 336 g/mol. The summed E-state index contributed by atoms with van der Waals surface area (Å²) in [5.41, 5.74) is -0.769. The van der Waals surface area contributed by atoms with Crippen molar-refractivity contribution < 1.29 is 31.9 Å². The number of Topliss-reactive ketones (excluding diaryl/α,β-unsaturated/α-hetero) is 1. The fraction of sp³-hybridized carbons (Fsp3) is 0.875. The fourth-order valence-electron chi connectivity index (χ4n) is 4.64. The second-order valence-corrected chi connectivity index (χ2v) is 7.51. The Labute approximate surface area is 131 Å². The van der Waals surface area contributed by atoms with E-state index >= 15 is 0 Å². The molecule has 2 unspecified atom stereocenters. The maximum atomic E-state index is 13.2. The van der Waals surface area contributed by atoms with Crippen molar-refractivity contribution in [1.29, 1.82) is 0 Å². The highest BCUT2D eigenvalue weighted by Crippen LogP contribution is 2.59. The molecular formula is C16H20F4O3. The van der Waals surface area contributed by atoms with Crippen molar-refractivity contribution in [2.24, 2.45) is 23.2 Å². The summed E-state index contributed by atoms with van der Waals surface area (Å²) in [4.78, 5) is 24.4. The van der Waals surface area contributed by atoms with Crippen LogP contribution < -0.4 is 0 Å². The first-order valence-electron chi connectivity index (χ1n) is 8.01. The van der Waals surface area contributed by atoms with Crippen molar-refractivity contribution in [2.45, 2.75) is 57.3 Å². The third kappa shape index (κ3) is 2.76. The van der Waals surface area contributed by atoms with Gasteiger partial charge in [-0.25, -0.2) is 8.78 Å². The molecule has 0 aromatic carbocycles. The number of esters is 1. The van der Waals surface area contributed by atoms with Gasteiger partial charge in [-0.05, 0) is 38.0 Å². The van der Waals surface area contributed by atoms with Crippen LogP contribution in [0.4, 0.5) is 17.6 Å². The van der Waals surface area contributed by atoms with Crippen molar-refractivity contribution in [2.75, 3.05) is 6.61 Å². The van der Waals surface area contributed by atoms with E-state index in [1.165, 1.54) is 0 Å². The Hall–Kier alpha value is -1.14. The molecule has 0 saturated heterocycles. The molecule has 0 radical (unpaired) electrons. The van der Waals surface area contributed by atoms with E-state index in [1.54, 1.807) is 0 Å². The lowest BCUT2D eigenvalue weighted by atomic mass is 9.49. The van der Waals surface area contributed by atoms with Crippen LogP contribution in [0.15, 0.2) is 0 Å². The molecule has 4 aliphatic rings. The molecule has 7 heteroatoms. The Morgan fingerprint density at radius 1 is 1.17 bits per heavy atom. The molecule has 0 aromatic heterocycles. The van der Waals surface area contributed by atoms with E-state index in [2.05, 4.69) is 0 Å². The molecule has 0 spiro atoms. The Morgan fingerprint density at radius 3 is 2.26 bits per heavy atom. The number of halogens is 4. The monoisotopic (exact) mass is 336 g/mol. The Kier molecular flexibility index (Phi) is 3.76. The van der Waals surface area contributed by atoms with E-state index in [1.807, 2.05) is 0 Å². The zero-order valence-corrected chi connectivity index (χ0v) is 12.9. The molecule has 0 heterocycles. The largest absolute Gasteiger partial charge is 0.465 e. The number of hydrogen-bond donors (Lipinski definition) is 0. The molecular weight excluding hydrogens is 316 g/mol. The summed E-state index contributed by atoms with van der Waals surface area (Å²) in [5.74, 6) is -8.69. The third-order valence-electron chi connectivity index (χ3n) is 5.72. The molecule has 4 saturated carbocycles. The highest BCUT2D eigenvalue weighted by molar-refractivity contribution is 5.89. The van der Waals surface area contributed by atoms with Gasteiger partial charge in [-0.3, -0.25) is 9.59 Å². The third-order valence-corrected chi connectivity index (χ3v) is 5.72. The molecule has 4 fully saturated rings. The van der Waals surface area contributed by atoms with Gasteiger partial charge in [-0.15, -0.1) is 0 Å². The van der Waals surface area contributed by atoms with Gasteiger partial charge in [0.15, 0.2) is 0 Å². The summed E-state index contributed by atoms with van der Waals surface area (Å²) in [6, 6.07) is 0. The molecule has 0 aromatic rings. The summed E-state index contributed by atoms with van der Waals surface area (Å²) in [7, 11) is 0. The first-order chi connectivity index (χ1) is 10.5. The van der Waals surface area contributed by atoms with E-state index < -0.39 is 36.3 Å². The average Bonchev–Trinajstić information content (AvgIpc) is 2.42. The summed E-state index contributed by atoms with van der Waals surface area (Å²) in [5, 5.41) is 0. The minimum Gasteiger partial charge on any atom is -0.465 e. The lowest BCUT2D eigenvalue weighted by molar-refractivity contribution is -0.209. The molecule has 0 N–H and O–H groups in total. The predicted molar refractivity (Wildman–Crippen MR) is 72.1 cm³/mol. The molecule has 3 nitrogen and oxygen atoms in total. The Morgan fingerprint density at radius 2 is 1.74 bits per heavy atom. The zero-order valence-electron chi connectivity index (χ0n) is 12.9. The summed E-state index contributed by atoms with van der Waals surface area (Å²) >= 11 is 0. The van der Waals surface area contributed by atoms with Crippen molar-refractivity contribution >= 4 is 11.8 Å². The van der Waals surface area contributed by atoms with E-state index in [-0.39, 0.29) is 24.5 Å². The first-order valence-corrected chi connectivity index (χ1v) is 8.01. The number of rotatable bonds is 5. The van der Waals surface area contributed by atoms with Crippen LogP contribution in [0.3, 0.4) is 0 Å². The van der Waals surface area contributed by atoms with Crippen LogP contribution in [0.1, 0.15) is 45.4 Å². The van der Waals surface area contributed by atoms with Gasteiger partial charge < -0.3 is 4.74 Å². The molecule has 4 bridgehead atoms. The van der Waals surface area contributed by atoms with Gasteiger partial charge >= 0.3 is 17.8 Å². The van der Waals surface area contributed by atoms with Crippen molar-refractivity contribution in [3.63, 3.8) is 0 Å². The van der Waals surface area contributed by atoms with Crippen molar-refractivity contribution in [3.8, 4) is 0 Å². The predicted octanol–water partition coefficient (Wildman–Crippen LogP) is 3.61. The molecule has 0 amide bonds. The topological polar surface area (TPSA) is 43.4 Å². The quantitative estimate of drug-likeness (QED) is 0.569. The highest BCUT2D eigenvalue weighted by atomic mass is 19.3. The maximum absolute atomic E-state index is 13.2. The molecule has 4 rings (SSSR count). The second-order valence-electron chi connectivity index (χ2n) is 7.51. The fourth-order valence-corrected chi connectivity index (χ4v) is 4.64. The van der Waals surface area contributed by atoms with Crippen LogP contribution in [0.25, 0.3) is 0 Å². The highest BCUT2D eigenvalue weighted by Gasteiger charge is 2.59. The maximum Gasteiger partial charge on any atom is 0.313 e. The van der Waals surface area contributed by atoms with Gasteiger partial charge in [0.2, 0.25) is 0 Å². The lowest BCUT2D eigenvalue weighted by Crippen LogP contribution is -2.55. The Bertz CT molecular complexity index is 508. The van der Waals surface area contributed by atoms with Crippen molar-refractivity contribution in [1.82, 2.24) is 0 Å². The van der Waals surface area contributed by atoms with Gasteiger partial charge in [0.25, 0.3) is 0 Å². The Balaban J connectivity index is 1.60. The van der Waals surface area contributed by atoms with Gasteiger partial charge in [-0.1, -0.05) is 0 Å². The van der Waals surface area contributed by atoms with Crippen molar-refractivity contribution in [3.05, 3.63) is 0 Å². The molecule has 4 aliphatic carbocycles. The van der Waals surface area contributed by atoms with Crippen LogP contribution >= 0.6 is 0 Å². The molecule has 23 heavy (non-hydrogen) atoms. The van der Waals surface area contributed by atoms with Gasteiger partial charge in [-0.2, -0.15) is 8.78 Å². The van der Waals surface area contributed by atoms with Gasteiger partial charge in [0, 0.05) is 18.8 Å². The standard InChI is InChI=1S/C16H20F4O3/c1-14(17,18)16(19,20)2-3-23-13(22)15-6-9-4-10(7-15)12(21)11(5-9)8-15/h9-11H,2-8H2,1H3. The van der Waals surface area contributed by atoms with Crippen LogP contribution in [-0.2, 0) is 14.3 Å². The smallest absolute Gasteiger partial charge is 0.313 e. The minimum atomic E-state index is -4.20. The first kappa shape index (κ1) is 16.7. The number of hydrogen-bond acceptors (Lipinski definition) is 3. The zero-order chi connectivity index (χ0) is 17.0. The van der Waals surface area contributed by atoms with Crippen LogP contribution in [0.5, 0.6) is 0 Å².